The van der Waals surface area contributed by atoms with Crippen LogP contribution < -0.4 is 14.8 Å². The van der Waals surface area contributed by atoms with Crippen LogP contribution in [-0.4, -0.2) is 27.5 Å². The molecule has 1 aliphatic rings. The van der Waals surface area contributed by atoms with Crippen LogP contribution >= 0.6 is 0 Å². The Balaban J connectivity index is 1.63. The summed E-state index contributed by atoms with van der Waals surface area (Å²) in [5.74, 6) is 0.407. The molecule has 26 heavy (non-hydrogen) atoms. The van der Waals surface area contributed by atoms with Gasteiger partial charge in [0.2, 0.25) is 15.9 Å². The molecule has 2 aromatic carbocycles. The minimum Gasteiger partial charge on any atom is -0.492 e. The first kappa shape index (κ1) is 18.4. The Morgan fingerprint density at radius 2 is 1.88 bits per heavy atom. The van der Waals surface area contributed by atoms with E-state index in [1.807, 2.05) is 31.2 Å². The lowest BCUT2D eigenvalue weighted by Crippen LogP contribution is -2.32. The molecule has 1 unspecified atom stereocenters. The van der Waals surface area contributed by atoms with Crippen LogP contribution in [0.3, 0.4) is 0 Å². The van der Waals surface area contributed by atoms with Gasteiger partial charge in [-0.25, -0.2) is 13.1 Å². The zero-order valence-corrected chi connectivity index (χ0v) is 15.4. The molecule has 1 atom stereocenters. The number of anilines is 1. The topological polar surface area (TPSA) is 84.5 Å². The highest BCUT2D eigenvalue weighted by molar-refractivity contribution is 7.89. The fourth-order valence-electron chi connectivity index (χ4n) is 2.78. The summed E-state index contributed by atoms with van der Waals surface area (Å²) in [5.41, 5.74) is 1.57. The Hall–Kier alpha value is -2.38. The van der Waals surface area contributed by atoms with E-state index < -0.39 is 10.0 Å². The number of para-hydroxylation sites is 1. The van der Waals surface area contributed by atoms with Crippen LogP contribution in [0.2, 0.25) is 0 Å². The molecule has 0 fully saturated rings. The summed E-state index contributed by atoms with van der Waals surface area (Å²) < 4.78 is 32.3. The Morgan fingerprint density at radius 1 is 1.15 bits per heavy atom. The number of amides is 1. The number of hydrogen-bond acceptors (Lipinski definition) is 4. The second-order valence-corrected chi connectivity index (χ2v) is 8.00. The summed E-state index contributed by atoms with van der Waals surface area (Å²) in [7, 11) is -3.50. The number of benzene rings is 2. The Labute approximate surface area is 153 Å². The minimum atomic E-state index is -3.50. The van der Waals surface area contributed by atoms with E-state index in [1.165, 1.54) is 12.1 Å². The van der Waals surface area contributed by atoms with E-state index in [4.69, 9.17) is 4.74 Å². The van der Waals surface area contributed by atoms with Crippen LogP contribution in [0.25, 0.3) is 0 Å². The molecular formula is C19H22N2O4S. The zero-order chi connectivity index (χ0) is 18.6. The highest BCUT2D eigenvalue weighted by atomic mass is 32.2. The van der Waals surface area contributed by atoms with Gasteiger partial charge in [-0.3, -0.25) is 4.79 Å². The van der Waals surface area contributed by atoms with Crippen molar-refractivity contribution in [1.29, 1.82) is 0 Å². The smallest absolute Gasteiger partial charge is 0.240 e. The highest BCUT2D eigenvalue weighted by Crippen LogP contribution is 2.27. The van der Waals surface area contributed by atoms with Gasteiger partial charge in [-0.15, -0.1) is 0 Å². The number of rotatable bonds is 6. The number of hydrogen-bond donors (Lipinski definition) is 2. The van der Waals surface area contributed by atoms with Gasteiger partial charge in [0.05, 0.1) is 10.8 Å². The van der Waals surface area contributed by atoms with Crippen molar-refractivity contribution in [1.82, 2.24) is 4.72 Å². The maximum Gasteiger partial charge on any atom is 0.240 e. The van der Waals surface area contributed by atoms with E-state index in [0.717, 1.165) is 17.7 Å². The normalized spacial score (nSPS) is 16.4. The lowest BCUT2D eigenvalue weighted by atomic mass is 9.96. The van der Waals surface area contributed by atoms with Gasteiger partial charge in [0.15, 0.2) is 0 Å². The minimum absolute atomic E-state index is 0.140. The molecule has 0 saturated heterocycles. The maximum atomic E-state index is 12.5. The molecule has 0 radical (unpaired) electrons. The molecule has 0 aromatic heterocycles. The van der Waals surface area contributed by atoms with E-state index in [2.05, 4.69) is 10.0 Å². The van der Waals surface area contributed by atoms with E-state index in [0.29, 0.717) is 25.3 Å². The lowest BCUT2D eigenvalue weighted by molar-refractivity contribution is -0.121. The predicted molar refractivity (Wildman–Crippen MR) is 99.7 cm³/mol. The second-order valence-electron chi connectivity index (χ2n) is 6.23. The quantitative estimate of drug-likeness (QED) is 0.814. The summed E-state index contributed by atoms with van der Waals surface area (Å²) >= 11 is 0. The molecular weight excluding hydrogens is 352 g/mol. The largest absolute Gasteiger partial charge is 0.492 e. The number of carbonyl (C=O) groups excluding carboxylic acids is 1. The fraction of sp³-hybridized carbons (Fsp3) is 0.316. The van der Waals surface area contributed by atoms with Crippen molar-refractivity contribution < 1.29 is 17.9 Å². The van der Waals surface area contributed by atoms with Crippen LogP contribution in [0.4, 0.5) is 5.69 Å². The molecule has 0 aliphatic carbocycles. The zero-order valence-electron chi connectivity index (χ0n) is 14.6. The Bertz CT molecular complexity index is 879. The Morgan fingerprint density at radius 3 is 2.62 bits per heavy atom. The number of fused-ring (bicyclic) bond motifs is 1. The molecule has 138 valence electrons. The van der Waals surface area contributed by atoms with Gasteiger partial charge in [-0.1, -0.05) is 25.1 Å². The molecule has 0 bridgehead atoms. The Kier molecular flexibility index (Phi) is 5.58. The van der Waals surface area contributed by atoms with E-state index in [-0.39, 0.29) is 16.7 Å². The van der Waals surface area contributed by atoms with E-state index in [9.17, 15) is 13.2 Å². The molecule has 6 nitrogen and oxygen atoms in total. The van der Waals surface area contributed by atoms with Crippen molar-refractivity contribution >= 4 is 21.6 Å². The van der Waals surface area contributed by atoms with Crippen LogP contribution in [0.15, 0.2) is 53.4 Å². The molecule has 0 saturated carbocycles. The molecule has 1 aliphatic heterocycles. The molecule has 7 heteroatoms. The van der Waals surface area contributed by atoms with Crippen molar-refractivity contribution in [2.24, 2.45) is 5.92 Å². The van der Waals surface area contributed by atoms with Crippen molar-refractivity contribution in [3.8, 4) is 5.75 Å². The fourth-order valence-corrected chi connectivity index (χ4v) is 3.91. The third-order valence-corrected chi connectivity index (χ3v) is 5.70. The van der Waals surface area contributed by atoms with Gasteiger partial charge in [-0.2, -0.15) is 0 Å². The lowest BCUT2D eigenvalue weighted by Gasteiger charge is -2.24. The van der Waals surface area contributed by atoms with Gasteiger partial charge in [0, 0.05) is 12.2 Å². The van der Waals surface area contributed by atoms with Crippen LogP contribution in [0.1, 0.15) is 18.9 Å². The highest BCUT2D eigenvalue weighted by Gasteiger charge is 2.26. The summed E-state index contributed by atoms with van der Waals surface area (Å²) in [6.07, 6.45) is 1.34. The SMILES string of the molecule is CCCNS(=O)(=O)c1ccc(NC(=O)C2COc3ccccc3C2)cc1. The first-order valence-corrected chi connectivity index (χ1v) is 10.1. The number of sulfonamides is 1. The summed E-state index contributed by atoms with van der Waals surface area (Å²) in [6.45, 7) is 2.62. The van der Waals surface area contributed by atoms with Crippen LogP contribution in [0, 0.1) is 5.92 Å². The molecule has 1 heterocycles. The summed E-state index contributed by atoms with van der Waals surface area (Å²) in [6, 6.07) is 13.8. The van der Waals surface area contributed by atoms with Crippen LogP contribution in [0.5, 0.6) is 5.75 Å². The molecule has 2 aromatic rings. The molecule has 2 N–H and O–H groups in total. The van der Waals surface area contributed by atoms with Crippen molar-refractivity contribution in [2.75, 3.05) is 18.5 Å². The van der Waals surface area contributed by atoms with Crippen molar-refractivity contribution in [2.45, 2.75) is 24.7 Å². The summed E-state index contributed by atoms with van der Waals surface area (Å²) in [4.78, 5) is 12.7. The maximum absolute atomic E-state index is 12.5. The number of nitrogens with one attached hydrogen (secondary N) is 2. The van der Waals surface area contributed by atoms with Crippen LogP contribution in [-0.2, 0) is 21.2 Å². The third-order valence-electron chi connectivity index (χ3n) is 4.22. The first-order chi connectivity index (χ1) is 12.5. The predicted octanol–water partition coefficient (Wildman–Crippen LogP) is 2.56. The molecule has 3 rings (SSSR count). The van der Waals surface area contributed by atoms with Gasteiger partial charge >= 0.3 is 0 Å². The van der Waals surface area contributed by atoms with Gasteiger partial charge in [-0.05, 0) is 48.7 Å². The standard InChI is InChI=1S/C19H22N2O4S/c1-2-11-20-26(23,24)17-9-7-16(8-10-17)21-19(22)15-12-14-5-3-4-6-18(14)25-13-15/h3-10,15,20H,2,11-13H2,1H3,(H,21,22). The summed E-state index contributed by atoms with van der Waals surface area (Å²) in [5, 5.41) is 2.83. The van der Waals surface area contributed by atoms with E-state index >= 15 is 0 Å². The number of ether oxygens (including phenoxy) is 1. The average molecular weight is 374 g/mol. The van der Waals surface area contributed by atoms with Crippen molar-refractivity contribution in [3.63, 3.8) is 0 Å². The van der Waals surface area contributed by atoms with Crippen molar-refractivity contribution in [3.05, 3.63) is 54.1 Å². The van der Waals surface area contributed by atoms with Gasteiger partial charge < -0.3 is 10.1 Å². The van der Waals surface area contributed by atoms with Gasteiger partial charge in [0.1, 0.15) is 12.4 Å². The average Bonchev–Trinajstić information content (AvgIpc) is 2.66. The molecule has 1 amide bonds. The monoisotopic (exact) mass is 374 g/mol. The number of carbonyl (C=O) groups is 1. The second kappa shape index (κ2) is 7.88. The molecule has 0 spiro atoms. The van der Waals surface area contributed by atoms with E-state index in [1.54, 1.807) is 12.1 Å². The van der Waals surface area contributed by atoms with Gasteiger partial charge in [0.25, 0.3) is 0 Å². The first-order valence-electron chi connectivity index (χ1n) is 8.61. The third kappa shape index (κ3) is 4.23.